The Labute approximate surface area is 134 Å². The van der Waals surface area contributed by atoms with Crippen LogP contribution in [0.5, 0.6) is 0 Å². The molecule has 0 atom stereocenters. The molecule has 0 unspecified atom stereocenters. The fourth-order valence-electron chi connectivity index (χ4n) is 1.93. The van der Waals surface area contributed by atoms with E-state index >= 15 is 0 Å². The average molecular weight is 301 g/mol. The third-order valence-electron chi connectivity index (χ3n) is 3.49. The van der Waals surface area contributed by atoms with Gasteiger partial charge in [0.2, 0.25) is 0 Å². The molecule has 0 amide bonds. The van der Waals surface area contributed by atoms with Crippen molar-refractivity contribution >= 4 is 5.69 Å². The summed E-state index contributed by atoms with van der Waals surface area (Å²) in [5.41, 5.74) is 9.24. The molecule has 0 spiro atoms. The predicted octanol–water partition coefficient (Wildman–Crippen LogP) is 5.69. The first kappa shape index (κ1) is 18.2. The smallest absolute Gasteiger partial charge is 0.123 e. The van der Waals surface area contributed by atoms with Crippen molar-refractivity contribution in [2.45, 2.75) is 52.4 Å². The Kier molecular flexibility index (Phi) is 5.76. The van der Waals surface area contributed by atoms with Crippen LogP contribution in [0, 0.1) is 5.82 Å². The van der Waals surface area contributed by atoms with E-state index in [0.717, 1.165) is 5.69 Å². The van der Waals surface area contributed by atoms with E-state index in [4.69, 9.17) is 5.73 Å². The van der Waals surface area contributed by atoms with Crippen molar-refractivity contribution in [1.82, 2.24) is 0 Å². The van der Waals surface area contributed by atoms with Gasteiger partial charge in [0.1, 0.15) is 5.82 Å². The number of halogens is 1. The van der Waals surface area contributed by atoms with Crippen LogP contribution < -0.4 is 5.73 Å². The van der Waals surface area contributed by atoms with Crippen molar-refractivity contribution in [2.75, 3.05) is 5.73 Å². The zero-order valence-electron chi connectivity index (χ0n) is 14.6. The second-order valence-corrected chi connectivity index (χ2v) is 7.63. The van der Waals surface area contributed by atoms with Gasteiger partial charge < -0.3 is 5.73 Å². The highest BCUT2D eigenvalue weighted by molar-refractivity contribution is 5.40. The lowest BCUT2D eigenvalue weighted by atomic mass is 9.87. The summed E-state index contributed by atoms with van der Waals surface area (Å²) in [6.07, 6.45) is 0. The zero-order chi connectivity index (χ0) is 17.0. The molecule has 0 aliphatic rings. The molecule has 0 aliphatic heterocycles. The number of benzene rings is 2. The summed E-state index contributed by atoms with van der Waals surface area (Å²) in [4.78, 5) is 0. The Balaban J connectivity index is 0.000000220. The molecule has 0 radical (unpaired) electrons. The Bertz CT molecular complexity index is 514. The normalized spacial score (nSPS) is 11.6. The van der Waals surface area contributed by atoms with E-state index < -0.39 is 0 Å². The van der Waals surface area contributed by atoms with Gasteiger partial charge in [-0.3, -0.25) is 0 Å². The van der Waals surface area contributed by atoms with E-state index in [0.29, 0.717) is 0 Å². The standard InChI is InChI=1S/C10H13F.C10H15N/c2*1-10(2,3)8-4-6-9(11)7-5-8/h4-7H,1-3H3;4-7H,11H2,1-3H3. The van der Waals surface area contributed by atoms with Gasteiger partial charge in [-0.25, -0.2) is 4.39 Å². The van der Waals surface area contributed by atoms with Crippen LogP contribution in [0.2, 0.25) is 0 Å². The molecule has 1 nitrogen and oxygen atoms in total. The number of hydrogen-bond acceptors (Lipinski definition) is 1. The van der Waals surface area contributed by atoms with E-state index in [1.807, 2.05) is 24.3 Å². The minimum atomic E-state index is -0.169. The van der Waals surface area contributed by atoms with E-state index in [-0.39, 0.29) is 16.6 Å². The molecule has 2 rings (SSSR count). The van der Waals surface area contributed by atoms with Crippen molar-refractivity contribution in [1.29, 1.82) is 0 Å². The molecule has 2 N–H and O–H groups in total. The molecule has 2 aromatic carbocycles. The van der Waals surface area contributed by atoms with Crippen molar-refractivity contribution in [3.8, 4) is 0 Å². The molecular weight excluding hydrogens is 273 g/mol. The Morgan fingerprint density at radius 2 is 0.955 bits per heavy atom. The van der Waals surface area contributed by atoms with E-state index in [9.17, 15) is 4.39 Å². The number of nitrogens with two attached hydrogens (primary N) is 1. The van der Waals surface area contributed by atoms with E-state index in [1.54, 1.807) is 0 Å². The number of hydrogen-bond donors (Lipinski definition) is 1. The van der Waals surface area contributed by atoms with Gasteiger partial charge in [0.25, 0.3) is 0 Å². The maximum absolute atomic E-state index is 12.5. The first-order valence-corrected chi connectivity index (χ1v) is 7.62. The Morgan fingerprint density at radius 1 is 0.636 bits per heavy atom. The van der Waals surface area contributed by atoms with Gasteiger partial charge in [0.15, 0.2) is 0 Å². The van der Waals surface area contributed by atoms with Gasteiger partial charge in [-0.15, -0.1) is 0 Å². The predicted molar refractivity (Wildman–Crippen MR) is 94.7 cm³/mol. The van der Waals surface area contributed by atoms with Gasteiger partial charge in [-0.05, 0) is 46.2 Å². The van der Waals surface area contributed by atoms with Gasteiger partial charge in [-0.2, -0.15) is 0 Å². The second kappa shape index (κ2) is 6.95. The quantitative estimate of drug-likeness (QED) is 0.621. The first-order valence-electron chi connectivity index (χ1n) is 7.62. The first-order chi connectivity index (χ1) is 10.00. The lowest BCUT2D eigenvalue weighted by Gasteiger charge is -2.18. The van der Waals surface area contributed by atoms with Crippen LogP contribution in [0.15, 0.2) is 48.5 Å². The van der Waals surface area contributed by atoms with Crippen LogP contribution in [0.3, 0.4) is 0 Å². The molecule has 2 heteroatoms. The lowest BCUT2D eigenvalue weighted by Crippen LogP contribution is -2.10. The van der Waals surface area contributed by atoms with Crippen molar-refractivity contribution in [3.63, 3.8) is 0 Å². The van der Waals surface area contributed by atoms with Crippen LogP contribution in [0.25, 0.3) is 0 Å². The third-order valence-corrected chi connectivity index (χ3v) is 3.49. The summed E-state index contributed by atoms with van der Waals surface area (Å²) in [6, 6.07) is 14.7. The highest BCUT2D eigenvalue weighted by atomic mass is 19.1. The summed E-state index contributed by atoms with van der Waals surface area (Å²) >= 11 is 0. The molecule has 120 valence electrons. The van der Waals surface area contributed by atoms with Gasteiger partial charge >= 0.3 is 0 Å². The summed E-state index contributed by atoms with van der Waals surface area (Å²) in [5.74, 6) is -0.169. The molecule has 2 aromatic rings. The van der Waals surface area contributed by atoms with Gasteiger partial charge in [0.05, 0.1) is 0 Å². The van der Waals surface area contributed by atoms with Gasteiger partial charge in [-0.1, -0.05) is 65.8 Å². The minimum absolute atomic E-state index is 0.119. The molecule has 0 saturated heterocycles. The van der Waals surface area contributed by atoms with Crippen LogP contribution in [0.1, 0.15) is 52.7 Å². The Hall–Kier alpha value is -1.83. The molecule has 0 aliphatic carbocycles. The van der Waals surface area contributed by atoms with Crippen molar-refractivity contribution < 1.29 is 4.39 Å². The molecule has 0 heterocycles. The lowest BCUT2D eigenvalue weighted by molar-refractivity contribution is 0.583. The monoisotopic (exact) mass is 301 g/mol. The fourth-order valence-corrected chi connectivity index (χ4v) is 1.93. The van der Waals surface area contributed by atoms with Crippen LogP contribution >= 0.6 is 0 Å². The molecule has 0 saturated carbocycles. The molecule has 0 bridgehead atoms. The van der Waals surface area contributed by atoms with Crippen LogP contribution in [-0.2, 0) is 10.8 Å². The average Bonchev–Trinajstić information content (AvgIpc) is 2.38. The maximum atomic E-state index is 12.5. The molecule has 22 heavy (non-hydrogen) atoms. The second-order valence-electron chi connectivity index (χ2n) is 7.63. The van der Waals surface area contributed by atoms with Crippen molar-refractivity contribution in [2.24, 2.45) is 0 Å². The molecule has 0 fully saturated rings. The third kappa shape index (κ3) is 5.88. The summed E-state index contributed by atoms with van der Waals surface area (Å²) in [6.45, 7) is 12.9. The zero-order valence-corrected chi connectivity index (χ0v) is 14.6. The number of rotatable bonds is 0. The highest BCUT2D eigenvalue weighted by Crippen LogP contribution is 2.22. The minimum Gasteiger partial charge on any atom is -0.399 e. The van der Waals surface area contributed by atoms with Crippen LogP contribution in [-0.4, -0.2) is 0 Å². The summed E-state index contributed by atoms with van der Waals surface area (Å²) in [5, 5.41) is 0. The van der Waals surface area contributed by atoms with Crippen molar-refractivity contribution in [3.05, 3.63) is 65.5 Å². The fraction of sp³-hybridized carbons (Fsp3) is 0.400. The highest BCUT2D eigenvalue weighted by Gasteiger charge is 2.12. The van der Waals surface area contributed by atoms with E-state index in [2.05, 4.69) is 53.7 Å². The molecular formula is C20H28FN. The van der Waals surface area contributed by atoms with E-state index in [1.165, 1.54) is 23.3 Å². The number of nitrogen functional groups attached to an aromatic ring is 1. The number of anilines is 1. The topological polar surface area (TPSA) is 26.0 Å². The maximum Gasteiger partial charge on any atom is 0.123 e. The summed E-state index contributed by atoms with van der Waals surface area (Å²) in [7, 11) is 0. The van der Waals surface area contributed by atoms with Gasteiger partial charge in [0, 0.05) is 5.69 Å². The summed E-state index contributed by atoms with van der Waals surface area (Å²) < 4.78 is 12.5. The largest absolute Gasteiger partial charge is 0.399 e. The van der Waals surface area contributed by atoms with Crippen LogP contribution in [0.4, 0.5) is 10.1 Å². The molecule has 0 aromatic heterocycles. The Morgan fingerprint density at radius 3 is 1.27 bits per heavy atom. The SMILES string of the molecule is CC(C)(C)c1ccc(F)cc1.CC(C)(C)c1ccc(N)cc1.